The maximum Gasteiger partial charge on any atom is 0.228 e. The zero-order valence-electron chi connectivity index (χ0n) is 10.4. The summed E-state index contributed by atoms with van der Waals surface area (Å²) in [6, 6.07) is 8.01. The van der Waals surface area contributed by atoms with Gasteiger partial charge in [0.1, 0.15) is 5.01 Å². The van der Waals surface area contributed by atoms with E-state index in [4.69, 9.17) is 0 Å². The lowest BCUT2D eigenvalue weighted by Gasteiger charge is -2.25. The number of hydrogen-bond donors (Lipinski definition) is 2. The summed E-state index contributed by atoms with van der Waals surface area (Å²) >= 11 is 1.56. The molecule has 1 aromatic heterocycles. The first-order valence-electron chi connectivity index (χ1n) is 6.33. The Balaban J connectivity index is 1.71. The Labute approximate surface area is 115 Å². The molecule has 0 radical (unpaired) electrons. The average molecular weight is 273 g/mol. The van der Waals surface area contributed by atoms with Crippen molar-refractivity contribution in [3.8, 4) is 0 Å². The molecule has 4 nitrogen and oxygen atoms in total. The Morgan fingerprint density at radius 1 is 1.47 bits per heavy atom. The maximum absolute atomic E-state index is 12.3. The highest BCUT2D eigenvalue weighted by molar-refractivity contribution is 7.09. The van der Waals surface area contributed by atoms with Crippen LogP contribution in [0.5, 0.6) is 0 Å². The highest BCUT2D eigenvalue weighted by Gasteiger charge is 2.25. The Morgan fingerprint density at radius 2 is 2.37 bits per heavy atom. The van der Waals surface area contributed by atoms with E-state index in [0.29, 0.717) is 6.54 Å². The number of nitrogens with zero attached hydrogens (tertiary/aromatic N) is 1. The minimum absolute atomic E-state index is 0.0580. The summed E-state index contributed by atoms with van der Waals surface area (Å²) < 4.78 is 0. The first kappa shape index (κ1) is 12.2. The standard InChI is InChI=1S/C14H15N3OS/c18-14(17-9-13-16-7-8-19-13)11-5-6-15-12-4-2-1-3-10(11)12/h1-4,7-8,11,15H,5-6,9H2,(H,17,18). The number of fused-ring (bicyclic) bond motifs is 1. The van der Waals surface area contributed by atoms with Crippen LogP contribution in [-0.2, 0) is 11.3 Å². The third-order valence-corrected chi connectivity index (χ3v) is 4.08. The number of hydrogen-bond acceptors (Lipinski definition) is 4. The smallest absolute Gasteiger partial charge is 0.228 e. The van der Waals surface area contributed by atoms with Crippen LogP contribution in [0.25, 0.3) is 0 Å². The minimum atomic E-state index is -0.0580. The van der Waals surface area contributed by atoms with Crippen molar-refractivity contribution in [2.75, 3.05) is 11.9 Å². The molecule has 0 spiro atoms. The molecule has 2 N–H and O–H groups in total. The molecule has 98 valence electrons. The van der Waals surface area contributed by atoms with Crippen molar-refractivity contribution in [1.29, 1.82) is 0 Å². The number of para-hydroxylation sites is 1. The van der Waals surface area contributed by atoms with E-state index in [-0.39, 0.29) is 11.8 Å². The summed E-state index contributed by atoms with van der Waals surface area (Å²) in [4.78, 5) is 16.5. The van der Waals surface area contributed by atoms with E-state index in [2.05, 4.69) is 15.6 Å². The van der Waals surface area contributed by atoms with Crippen molar-refractivity contribution >= 4 is 22.9 Å². The summed E-state index contributed by atoms with van der Waals surface area (Å²) in [5, 5.41) is 9.16. The third-order valence-electron chi connectivity index (χ3n) is 3.30. The van der Waals surface area contributed by atoms with Crippen LogP contribution in [0.2, 0.25) is 0 Å². The van der Waals surface area contributed by atoms with Crippen molar-refractivity contribution in [2.45, 2.75) is 18.9 Å². The fraction of sp³-hybridized carbons (Fsp3) is 0.286. The number of nitrogens with one attached hydrogen (secondary N) is 2. The monoisotopic (exact) mass is 273 g/mol. The number of benzene rings is 1. The minimum Gasteiger partial charge on any atom is -0.385 e. The molecular formula is C14H15N3OS. The highest BCUT2D eigenvalue weighted by Crippen LogP contribution is 2.31. The fourth-order valence-electron chi connectivity index (χ4n) is 2.37. The molecule has 19 heavy (non-hydrogen) atoms. The molecule has 1 amide bonds. The Bertz CT molecular complexity index is 568. The van der Waals surface area contributed by atoms with Gasteiger partial charge in [-0.15, -0.1) is 11.3 Å². The predicted molar refractivity (Wildman–Crippen MR) is 76.3 cm³/mol. The summed E-state index contributed by atoms with van der Waals surface area (Å²) in [7, 11) is 0. The number of carbonyl (C=O) groups is 1. The van der Waals surface area contributed by atoms with Crippen LogP contribution in [0.4, 0.5) is 5.69 Å². The molecule has 0 fully saturated rings. The summed E-state index contributed by atoms with van der Waals surface area (Å²) in [5.41, 5.74) is 2.16. The molecule has 5 heteroatoms. The zero-order valence-corrected chi connectivity index (χ0v) is 11.2. The third kappa shape index (κ3) is 2.61. The van der Waals surface area contributed by atoms with Gasteiger partial charge in [0.15, 0.2) is 0 Å². The molecule has 1 aliphatic rings. The van der Waals surface area contributed by atoms with Crippen LogP contribution in [0.15, 0.2) is 35.8 Å². The van der Waals surface area contributed by atoms with Crippen molar-refractivity contribution in [3.63, 3.8) is 0 Å². The lowest BCUT2D eigenvalue weighted by molar-refractivity contribution is -0.122. The van der Waals surface area contributed by atoms with E-state index in [1.807, 2.05) is 29.6 Å². The molecule has 2 heterocycles. The average Bonchev–Trinajstić information content (AvgIpc) is 2.97. The maximum atomic E-state index is 12.3. The Hall–Kier alpha value is -1.88. The van der Waals surface area contributed by atoms with Crippen LogP contribution >= 0.6 is 11.3 Å². The predicted octanol–water partition coefficient (Wildman–Crippen LogP) is 2.36. The molecule has 0 aliphatic carbocycles. The second kappa shape index (κ2) is 5.40. The number of rotatable bonds is 3. The Morgan fingerprint density at radius 3 is 3.21 bits per heavy atom. The van der Waals surface area contributed by atoms with E-state index in [1.165, 1.54) is 0 Å². The van der Waals surface area contributed by atoms with Gasteiger partial charge in [-0.05, 0) is 18.1 Å². The number of aromatic nitrogens is 1. The highest BCUT2D eigenvalue weighted by atomic mass is 32.1. The van der Waals surface area contributed by atoms with E-state index in [0.717, 1.165) is 29.2 Å². The van der Waals surface area contributed by atoms with E-state index in [1.54, 1.807) is 17.5 Å². The van der Waals surface area contributed by atoms with Crippen molar-refractivity contribution in [3.05, 3.63) is 46.4 Å². The molecular weight excluding hydrogens is 258 g/mol. The largest absolute Gasteiger partial charge is 0.385 e. The van der Waals surface area contributed by atoms with Crippen LogP contribution in [-0.4, -0.2) is 17.4 Å². The molecule has 3 rings (SSSR count). The van der Waals surface area contributed by atoms with Gasteiger partial charge in [0, 0.05) is 23.8 Å². The van der Waals surface area contributed by atoms with Crippen LogP contribution in [0, 0.1) is 0 Å². The number of carbonyl (C=O) groups excluding carboxylic acids is 1. The number of anilines is 1. The number of amides is 1. The summed E-state index contributed by atoms with van der Waals surface area (Å²) in [6.07, 6.45) is 2.59. The molecule has 1 atom stereocenters. The Kier molecular flexibility index (Phi) is 3.46. The van der Waals surface area contributed by atoms with E-state index in [9.17, 15) is 4.79 Å². The summed E-state index contributed by atoms with van der Waals surface area (Å²) in [6.45, 7) is 1.36. The SMILES string of the molecule is O=C(NCc1nccs1)C1CCNc2ccccc21. The molecule has 1 unspecified atom stereocenters. The quantitative estimate of drug-likeness (QED) is 0.902. The van der Waals surface area contributed by atoms with Crippen molar-refractivity contribution in [2.24, 2.45) is 0 Å². The van der Waals surface area contributed by atoms with Crippen molar-refractivity contribution < 1.29 is 4.79 Å². The van der Waals surface area contributed by atoms with Gasteiger partial charge in [-0.2, -0.15) is 0 Å². The molecule has 1 aliphatic heterocycles. The first-order valence-corrected chi connectivity index (χ1v) is 7.21. The van der Waals surface area contributed by atoms with Gasteiger partial charge in [0.05, 0.1) is 12.5 Å². The molecule has 0 bridgehead atoms. The van der Waals surface area contributed by atoms with Crippen molar-refractivity contribution in [1.82, 2.24) is 10.3 Å². The fourth-order valence-corrected chi connectivity index (χ4v) is 2.92. The lowest BCUT2D eigenvalue weighted by atomic mass is 9.90. The molecule has 0 saturated carbocycles. The lowest BCUT2D eigenvalue weighted by Crippen LogP contribution is -2.32. The normalized spacial score (nSPS) is 17.4. The second-order valence-corrected chi connectivity index (χ2v) is 5.48. The van der Waals surface area contributed by atoms with E-state index < -0.39 is 0 Å². The van der Waals surface area contributed by atoms with Gasteiger partial charge in [0.2, 0.25) is 5.91 Å². The first-order chi connectivity index (χ1) is 9.34. The van der Waals surface area contributed by atoms with Gasteiger partial charge < -0.3 is 10.6 Å². The molecule has 0 saturated heterocycles. The van der Waals surface area contributed by atoms with Gasteiger partial charge in [-0.25, -0.2) is 4.98 Å². The van der Waals surface area contributed by atoms with Crippen LogP contribution < -0.4 is 10.6 Å². The van der Waals surface area contributed by atoms with Gasteiger partial charge >= 0.3 is 0 Å². The topological polar surface area (TPSA) is 54.0 Å². The van der Waals surface area contributed by atoms with Crippen LogP contribution in [0.3, 0.4) is 0 Å². The zero-order chi connectivity index (χ0) is 13.1. The second-order valence-electron chi connectivity index (χ2n) is 4.50. The number of thiazole rings is 1. The van der Waals surface area contributed by atoms with Gasteiger partial charge in [0.25, 0.3) is 0 Å². The van der Waals surface area contributed by atoms with Crippen LogP contribution in [0.1, 0.15) is 22.9 Å². The molecule has 1 aromatic carbocycles. The van der Waals surface area contributed by atoms with Gasteiger partial charge in [-0.3, -0.25) is 4.79 Å². The van der Waals surface area contributed by atoms with Gasteiger partial charge in [-0.1, -0.05) is 18.2 Å². The van der Waals surface area contributed by atoms with E-state index >= 15 is 0 Å². The molecule has 2 aromatic rings. The summed E-state index contributed by atoms with van der Waals surface area (Å²) in [5.74, 6) is 0.0292.